The zero-order valence-electron chi connectivity index (χ0n) is 12.6. The Balaban J connectivity index is 1.97. The standard InChI is InChI=1S/C16H19N5/c1-4-5-13-6-8-14(9-7-13)19-15-11(2)12(3)18-16-20-17-10-21(15)16/h6-10,19H,4-5H2,1-3H3. The van der Waals surface area contributed by atoms with Crippen LogP contribution in [-0.2, 0) is 6.42 Å². The summed E-state index contributed by atoms with van der Waals surface area (Å²) in [6, 6.07) is 8.55. The molecule has 0 aliphatic rings. The smallest absolute Gasteiger partial charge is 0.256 e. The van der Waals surface area contributed by atoms with Crippen LogP contribution in [0.2, 0.25) is 0 Å². The highest BCUT2D eigenvalue weighted by atomic mass is 15.3. The van der Waals surface area contributed by atoms with Crippen LogP contribution in [0, 0.1) is 13.8 Å². The van der Waals surface area contributed by atoms with Gasteiger partial charge in [0.05, 0.1) is 0 Å². The molecule has 3 rings (SSSR count). The molecule has 0 spiro atoms. The van der Waals surface area contributed by atoms with E-state index in [2.05, 4.69) is 58.6 Å². The van der Waals surface area contributed by atoms with Gasteiger partial charge < -0.3 is 5.32 Å². The van der Waals surface area contributed by atoms with E-state index in [1.807, 2.05) is 11.3 Å². The van der Waals surface area contributed by atoms with E-state index in [-0.39, 0.29) is 0 Å². The maximum atomic E-state index is 4.43. The molecule has 0 saturated carbocycles. The van der Waals surface area contributed by atoms with Gasteiger partial charge in [0.2, 0.25) is 0 Å². The number of benzene rings is 1. The first kappa shape index (κ1) is 13.5. The van der Waals surface area contributed by atoms with E-state index in [1.165, 1.54) is 5.56 Å². The lowest BCUT2D eigenvalue weighted by Gasteiger charge is -2.13. The van der Waals surface area contributed by atoms with Crippen molar-refractivity contribution in [1.82, 2.24) is 19.6 Å². The van der Waals surface area contributed by atoms with E-state index < -0.39 is 0 Å². The van der Waals surface area contributed by atoms with Crippen LogP contribution in [0.5, 0.6) is 0 Å². The van der Waals surface area contributed by atoms with Gasteiger partial charge in [-0.3, -0.25) is 4.40 Å². The summed E-state index contributed by atoms with van der Waals surface area (Å²) in [5.41, 5.74) is 4.47. The van der Waals surface area contributed by atoms with Gasteiger partial charge in [0.25, 0.3) is 5.78 Å². The van der Waals surface area contributed by atoms with Gasteiger partial charge in [-0.25, -0.2) is 4.98 Å². The number of hydrogen-bond donors (Lipinski definition) is 1. The third-order valence-electron chi connectivity index (χ3n) is 3.69. The number of anilines is 2. The van der Waals surface area contributed by atoms with E-state index in [1.54, 1.807) is 6.33 Å². The van der Waals surface area contributed by atoms with Crippen LogP contribution >= 0.6 is 0 Å². The van der Waals surface area contributed by atoms with Crippen molar-refractivity contribution in [2.24, 2.45) is 0 Å². The summed E-state index contributed by atoms with van der Waals surface area (Å²) >= 11 is 0. The second kappa shape index (κ2) is 5.52. The number of aromatic nitrogens is 4. The number of hydrogen-bond acceptors (Lipinski definition) is 4. The summed E-state index contributed by atoms with van der Waals surface area (Å²) in [6.45, 7) is 6.23. The molecule has 5 heteroatoms. The minimum Gasteiger partial charge on any atom is -0.341 e. The van der Waals surface area contributed by atoms with Gasteiger partial charge in [-0.05, 0) is 38.0 Å². The van der Waals surface area contributed by atoms with Crippen LogP contribution in [0.4, 0.5) is 11.5 Å². The molecule has 0 aliphatic heterocycles. The molecule has 2 aromatic heterocycles. The Labute approximate surface area is 124 Å². The molecule has 21 heavy (non-hydrogen) atoms. The van der Waals surface area contributed by atoms with Crippen LogP contribution in [0.25, 0.3) is 5.78 Å². The molecule has 1 N–H and O–H groups in total. The lowest BCUT2D eigenvalue weighted by Crippen LogP contribution is -2.04. The van der Waals surface area contributed by atoms with Crippen LogP contribution in [0.3, 0.4) is 0 Å². The molecule has 0 atom stereocenters. The Morgan fingerprint density at radius 2 is 1.90 bits per heavy atom. The zero-order chi connectivity index (χ0) is 14.8. The van der Waals surface area contributed by atoms with Crippen molar-refractivity contribution in [3.05, 3.63) is 47.4 Å². The average Bonchev–Trinajstić information content (AvgIpc) is 2.94. The highest BCUT2D eigenvalue weighted by Crippen LogP contribution is 2.23. The van der Waals surface area contributed by atoms with Crippen LogP contribution in [0.15, 0.2) is 30.6 Å². The Morgan fingerprint density at radius 3 is 2.62 bits per heavy atom. The molecule has 0 aliphatic carbocycles. The second-order valence-electron chi connectivity index (χ2n) is 5.24. The van der Waals surface area contributed by atoms with Crippen molar-refractivity contribution in [2.45, 2.75) is 33.6 Å². The first-order valence-corrected chi connectivity index (χ1v) is 7.22. The fourth-order valence-corrected chi connectivity index (χ4v) is 2.38. The quantitative estimate of drug-likeness (QED) is 0.796. The predicted octanol–water partition coefficient (Wildman–Crippen LogP) is 3.44. The third kappa shape index (κ3) is 2.59. The molecule has 0 saturated heterocycles. The molecule has 2 heterocycles. The molecular formula is C16H19N5. The normalized spacial score (nSPS) is 11.0. The van der Waals surface area contributed by atoms with E-state index in [0.29, 0.717) is 5.78 Å². The third-order valence-corrected chi connectivity index (χ3v) is 3.69. The van der Waals surface area contributed by atoms with Gasteiger partial charge in [-0.2, -0.15) is 0 Å². The van der Waals surface area contributed by atoms with Crippen molar-refractivity contribution >= 4 is 17.3 Å². The Hall–Kier alpha value is -2.43. The maximum Gasteiger partial charge on any atom is 0.256 e. The van der Waals surface area contributed by atoms with Crippen molar-refractivity contribution < 1.29 is 0 Å². The summed E-state index contributed by atoms with van der Waals surface area (Å²) in [5.74, 6) is 1.58. The Kier molecular flexibility index (Phi) is 3.56. The van der Waals surface area contributed by atoms with E-state index in [9.17, 15) is 0 Å². The average molecular weight is 281 g/mol. The number of fused-ring (bicyclic) bond motifs is 1. The minimum atomic E-state index is 0.614. The molecular weight excluding hydrogens is 262 g/mol. The maximum absolute atomic E-state index is 4.43. The fraction of sp³-hybridized carbons (Fsp3) is 0.312. The second-order valence-corrected chi connectivity index (χ2v) is 5.24. The lowest BCUT2D eigenvalue weighted by atomic mass is 10.1. The van der Waals surface area contributed by atoms with Crippen molar-refractivity contribution in [3.63, 3.8) is 0 Å². The molecule has 0 amide bonds. The summed E-state index contributed by atoms with van der Waals surface area (Å²) in [6.07, 6.45) is 3.96. The number of rotatable bonds is 4. The minimum absolute atomic E-state index is 0.614. The van der Waals surface area contributed by atoms with Crippen LogP contribution in [0.1, 0.15) is 30.2 Å². The van der Waals surface area contributed by atoms with Gasteiger partial charge in [-0.15, -0.1) is 10.2 Å². The van der Waals surface area contributed by atoms with Gasteiger partial charge in [0, 0.05) is 16.9 Å². The van der Waals surface area contributed by atoms with Gasteiger partial charge in [0.15, 0.2) is 0 Å². The van der Waals surface area contributed by atoms with Crippen LogP contribution in [-0.4, -0.2) is 19.6 Å². The number of aryl methyl sites for hydroxylation is 2. The summed E-state index contributed by atoms with van der Waals surface area (Å²) in [7, 11) is 0. The topological polar surface area (TPSA) is 55.1 Å². The highest BCUT2D eigenvalue weighted by molar-refractivity contribution is 5.63. The van der Waals surface area contributed by atoms with Crippen molar-refractivity contribution in [1.29, 1.82) is 0 Å². The van der Waals surface area contributed by atoms with Gasteiger partial charge in [0.1, 0.15) is 12.1 Å². The van der Waals surface area contributed by atoms with Gasteiger partial charge >= 0.3 is 0 Å². The predicted molar refractivity (Wildman–Crippen MR) is 84.0 cm³/mol. The molecule has 5 nitrogen and oxygen atoms in total. The molecule has 108 valence electrons. The molecule has 3 aromatic rings. The lowest BCUT2D eigenvalue weighted by molar-refractivity contribution is 0.922. The SMILES string of the molecule is CCCc1ccc(Nc2c(C)c(C)nc3nncn23)cc1. The van der Waals surface area contributed by atoms with E-state index >= 15 is 0 Å². The summed E-state index contributed by atoms with van der Waals surface area (Å²) in [4.78, 5) is 4.43. The molecule has 0 bridgehead atoms. The van der Waals surface area contributed by atoms with Crippen molar-refractivity contribution in [2.75, 3.05) is 5.32 Å². The van der Waals surface area contributed by atoms with Crippen LogP contribution < -0.4 is 5.32 Å². The number of nitrogens with one attached hydrogen (secondary N) is 1. The largest absolute Gasteiger partial charge is 0.341 e. The Morgan fingerprint density at radius 1 is 1.14 bits per heavy atom. The Bertz CT molecular complexity index is 758. The monoisotopic (exact) mass is 281 g/mol. The van der Waals surface area contributed by atoms with Crippen molar-refractivity contribution in [3.8, 4) is 0 Å². The molecule has 0 radical (unpaired) electrons. The first-order valence-electron chi connectivity index (χ1n) is 7.22. The number of nitrogens with zero attached hydrogens (tertiary/aromatic N) is 4. The summed E-state index contributed by atoms with van der Waals surface area (Å²) < 4.78 is 1.88. The molecule has 0 unspecified atom stereocenters. The van der Waals surface area contributed by atoms with E-state index in [0.717, 1.165) is 35.6 Å². The van der Waals surface area contributed by atoms with Gasteiger partial charge in [-0.1, -0.05) is 25.5 Å². The molecule has 1 aromatic carbocycles. The first-order chi connectivity index (χ1) is 10.2. The molecule has 0 fully saturated rings. The summed E-state index contributed by atoms with van der Waals surface area (Å²) in [5, 5.41) is 11.4. The fourth-order valence-electron chi connectivity index (χ4n) is 2.38. The highest BCUT2D eigenvalue weighted by Gasteiger charge is 2.10. The van der Waals surface area contributed by atoms with E-state index in [4.69, 9.17) is 0 Å². The zero-order valence-corrected chi connectivity index (χ0v) is 12.6.